The summed E-state index contributed by atoms with van der Waals surface area (Å²) in [6.07, 6.45) is 0. The lowest BCUT2D eigenvalue weighted by molar-refractivity contribution is 0.0922. The van der Waals surface area contributed by atoms with Gasteiger partial charge in [0.2, 0.25) is 0 Å². The Morgan fingerprint density at radius 3 is 2.71 bits per heavy atom. The predicted molar refractivity (Wildman–Crippen MR) is 56.4 cm³/mol. The fraction of sp³-hybridized carbons (Fsp3) is 0.500. The lowest BCUT2D eigenvalue weighted by Crippen LogP contribution is -2.40. The Kier molecular flexibility index (Phi) is 3.26. The van der Waals surface area contributed by atoms with Gasteiger partial charge >= 0.3 is 0 Å². The molecule has 0 bridgehead atoms. The molecule has 2 nitrogen and oxygen atoms in total. The van der Waals surface area contributed by atoms with Crippen molar-refractivity contribution in [3.8, 4) is 0 Å². The van der Waals surface area contributed by atoms with Crippen molar-refractivity contribution in [3.63, 3.8) is 0 Å². The van der Waals surface area contributed by atoms with E-state index in [0.717, 1.165) is 0 Å². The molecule has 0 atom stereocenters. The van der Waals surface area contributed by atoms with Crippen LogP contribution >= 0.6 is 11.3 Å². The van der Waals surface area contributed by atoms with Gasteiger partial charge in [-0.15, -0.1) is 11.3 Å². The molecule has 0 radical (unpaired) electrons. The van der Waals surface area contributed by atoms with E-state index in [4.69, 9.17) is 0 Å². The summed E-state index contributed by atoms with van der Waals surface area (Å²) in [6.45, 7) is 5.10. The first-order valence-electron chi connectivity index (χ1n) is 4.39. The monoisotopic (exact) mass is 215 g/mol. The van der Waals surface area contributed by atoms with Crippen molar-refractivity contribution < 1.29 is 9.18 Å². The Morgan fingerprint density at radius 2 is 2.21 bits per heavy atom. The summed E-state index contributed by atoms with van der Waals surface area (Å²) in [4.78, 5) is 12.1. The van der Waals surface area contributed by atoms with Crippen molar-refractivity contribution in [2.24, 2.45) is 0 Å². The molecule has 78 valence electrons. The Balaban J connectivity index is 2.80. The van der Waals surface area contributed by atoms with Crippen LogP contribution in [-0.2, 0) is 6.67 Å². The molecule has 1 aromatic rings. The first kappa shape index (κ1) is 11.2. The molecule has 1 heterocycles. The third-order valence-electron chi connectivity index (χ3n) is 1.59. The fourth-order valence-electron chi connectivity index (χ4n) is 1.04. The standard InChI is InChI=1S/C10H14FNOS/c1-10(2,3)12-9(13)8-7(6-11)4-5-14-8/h4-5H,6H2,1-3H3,(H,12,13). The van der Waals surface area contributed by atoms with Crippen molar-refractivity contribution in [3.05, 3.63) is 21.9 Å². The number of nitrogens with one attached hydrogen (secondary N) is 1. The van der Waals surface area contributed by atoms with E-state index in [1.54, 1.807) is 11.4 Å². The number of hydrogen-bond donors (Lipinski definition) is 1. The molecule has 4 heteroatoms. The molecule has 0 aliphatic carbocycles. The summed E-state index contributed by atoms with van der Waals surface area (Å²) >= 11 is 1.27. The quantitative estimate of drug-likeness (QED) is 0.807. The smallest absolute Gasteiger partial charge is 0.262 e. The molecule has 1 amide bonds. The van der Waals surface area contributed by atoms with Crippen LogP contribution in [0, 0.1) is 0 Å². The van der Waals surface area contributed by atoms with Gasteiger partial charge in [-0.25, -0.2) is 4.39 Å². The van der Waals surface area contributed by atoms with Gasteiger partial charge in [0.05, 0.1) is 4.88 Å². The summed E-state index contributed by atoms with van der Waals surface area (Å²) in [5.41, 5.74) is 0.186. The highest BCUT2D eigenvalue weighted by Gasteiger charge is 2.18. The van der Waals surface area contributed by atoms with E-state index < -0.39 is 6.67 Å². The Morgan fingerprint density at radius 1 is 1.57 bits per heavy atom. The van der Waals surface area contributed by atoms with E-state index >= 15 is 0 Å². The second-order valence-corrected chi connectivity index (χ2v) is 5.03. The van der Waals surface area contributed by atoms with E-state index in [0.29, 0.717) is 10.4 Å². The summed E-state index contributed by atoms with van der Waals surface area (Å²) in [5.74, 6) is -0.194. The molecule has 0 aromatic carbocycles. The van der Waals surface area contributed by atoms with Crippen molar-refractivity contribution in [2.45, 2.75) is 33.0 Å². The van der Waals surface area contributed by atoms with E-state index in [9.17, 15) is 9.18 Å². The third-order valence-corrected chi connectivity index (χ3v) is 2.54. The molecule has 1 aromatic heterocycles. The summed E-state index contributed by atoms with van der Waals surface area (Å²) in [6, 6.07) is 1.64. The van der Waals surface area contributed by atoms with Crippen LogP contribution in [0.25, 0.3) is 0 Å². The molecule has 1 rings (SSSR count). The number of carbonyl (C=O) groups excluding carboxylic acids is 1. The molecule has 0 fully saturated rings. The van der Waals surface area contributed by atoms with Crippen LogP contribution in [0.2, 0.25) is 0 Å². The highest BCUT2D eigenvalue weighted by molar-refractivity contribution is 7.12. The van der Waals surface area contributed by atoms with Gasteiger partial charge in [-0.1, -0.05) is 0 Å². The molecule has 0 saturated carbocycles. The molecule has 0 aliphatic heterocycles. The number of rotatable bonds is 2. The van der Waals surface area contributed by atoms with Crippen molar-refractivity contribution in [1.29, 1.82) is 0 Å². The van der Waals surface area contributed by atoms with E-state index in [1.165, 1.54) is 11.3 Å². The number of amides is 1. The number of thiophene rings is 1. The highest BCUT2D eigenvalue weighted by atomic mass is 32.1. The first-order valence-corrected chi connectivity index (χ1v) is 5.27. The molecule has 0 spiro atoms. The van der Waals surface area contributed by atoms with Crippen LogP contribution in [0.15, 0.2) is 11.4 Å². The van der Waals surface area contributed by atoms with Crippen LogP contribution < -0.4 is 5.32 Å². The molecule has 0 aliphatic rings. The second-order valence-electron chi connectivity index (χ2n) is 4.11. The molecular weight excluding hydrogens is 201 g/mol. The van der Waals surface area contributed by atoms with Crippen LogP contribution in [0.4, 0.5) is 4.39 Å². The van der Waals surface area contributed by atoms with Gasteiger partial charge in [-0.3, -0.25) is 4.79 Å². The minimum atomic E-state index is -0.587. The minimum absolute atomic E-state index is 0.194. The molecular formula is C10H14FNOS. The van der Waals surface area contributed by atoms with Crippen LogP contribution in [0.5, 0.6) is 0 Å². The summed E-state index contributed by atoms with van der Waals surface area (Å²) in [7, 11) is 0. The Bertz CT molecular complexity index is 327. The zero-order valence-electron chi connectivity index (χ0n) is 8.56. The summed E-state index contributed by atoms with van der Waals surface area (Å²) in [5, 5.41) is 4.53. The van der Waals surface area contributed by atoms with Crippen molar-refractivity contribution >= 4 is 17.2 Å². The zero-order chi connectivity index (χ0) is 10.8. The van der Waals surface area contributed by atoms with Gasteiger partial charge in [0.25, 0.3) is 5.91 Å². The SMILES string of the molecule is CC(C)(C)NC(=O)c1sccc1CF. The van der Waals surface area contributed by atoms with E-state index in [2.05, 4.69) is 5.32 Å². The first-order chi connectivity index (χ1) is 6.44. The molecule has 1 N–H and O–H groups in total. The number of carbonyl (C=O) groups is 1. The van der Waals surface area contributed by atoms with E-state index in [-0.39, 0.29) is 11.4 Å². The van der Waals surface area contributed by atoms with Crippen LogP contribution in [0.1, 0.15) is 36.0 Å². The largest absolute Gasteiger partial charge is 0.347 e. The average molecular weight is 215 g/mol. The minimum Gasteiger partial charge on any atom is -0.347 e. The second kappa shape index (κ2) is 4.09. The van der Waals surface area contributed by atoms with Gasteiger partial charge in [0, 0.05) is 11.1 Å². The van der Waals surface area contributed by atoms with Crippen molar-refractivity contribution in [1.82, 2.24) is 5.32 Å². The highest BCUT2D eigenvalue weighted by Crippen LogP contribution is 2.18. The van der Waals surface area contributed by atoms with Gasteiger partial charge in [-0.2, -0.15) is 0 Å². The number of halogens is 1. The predicted octanol–water partition coefficient (Wildman–Crippen LogP) is 2.75. The van der Waals surface area contributed by atoms with Gasteiger partial charge in [0.15, 0.2) is 0 Å². The molecule has 14 heavy (non-hydrogen) atoms. The summed E-state index contributed by atoms with van der Waals surface area (Å²) < 4.78 is 12.4. The lowest BCUT2D eigenvalue weighted by Gasteiger charge is -2.20. The van der Waals surface area contributed by atoms with Gasteiger partial charge < -0.3 is 5.32 Å². The number of hydrogen-bond acceptors (Lipinski definition) is 2. The normalized spacial score (nSPS) is 11.4. The van der Waals surface area contributed by atoms with Crippen LogP contribution in [0.3, 0.4) is 0 Å². The average Bonchev–Trinajstić information content (AvgIpc) is 2.47. The topological polar surface area (TPSA) is 29.1 Å². The van der Waals surface area contributed by atoms with Gasteiger partial charge in [-0.05, 0) is 32.2 Å². The maximum absolute atomic E-state index is 12.4. The maximum atomic E-state index is 12.4. The fourth-order valence-corrected chi connectivity index (χ4v) is 1.84. The lowest BCUT2D eigenvalue weighted by atomic mass is 10.1. The van der Waals surface area contributed by atoms with Gasteiger partial charge in [0.1, 0.15) is 6.67 Å². The third kappa shape index (κ3) is 2.80. The maximum Gasteiger partial charge on any atom is 0.262 e. The molecule has 0 saturated heterocycles. The number of alkyl halides is 1. The zero-order valence-corrected chi connectivity index (χ0v) is 9.37. The van der Waals surface area contributed by atoms with E-state index in [1.807, 2.05) is 20.8 Å². The Hall–Kier alpha value is -0.900. The Labute approximate surface area is 87.1 Å². The van der Waals surface area contributed by atoms with Crippen molar-refractivity contribution in [2.75, 3.05) is 0 Å². The molecule has 0 unspecified atom stereocenters. The van der Waals surface area contributed by atoms with Crippen LogP contribution in [-0.4, -0.2) is 11.4 Å².